The Morgan fingerprint density at radius 2 is 2.18 bits per heavy atom. The highest BCUT2D eigenvalue weighted by Gasteiger charge is 2.22. The molecule has 1 rings (SSSR count). The van der Waals surface area contributed by atoms with E-state index < -0.39 is 11.0 Å². The van der Waals surface area contributed by atoms with Gasteiger partial charge < -0.3 is 10.5 Å². The van der Waals surface area contributed by atoms with E-state index in [1.807, 2.05) is 6.92 Å². The molecule has 1 aromatic carbocycles. The number of thioether (sulfide) groups is 1. The summed E-state index contributed by atoms with van der Waals surface area (Å²) in [4.78, 5) is 11.0. The van der Waals surface area contributed by atoms with E-state index in [1.54, 1.807) is 19.1 Å². The van der Waals surface area contributed by atoms with Gasteiger partial charge in [0.1, 0.15) is 5.69 Å². The molecule has 0 aliphatic heterocycles. The van der Waals surface area contributed by atoms with Crippen molar-refractivity contribution in [2.24, 2.45) is 5.84 Å². The first-order chi connectivity index (χ1) is 7.97. The highest BCUT2D eigenvalue weighted by atomic mass is 32.2. The zero-order valence-corrected chi connectivity index (χ0v) is 10.4. The molecule has 0 bridgehead atoms. The molecule has 0 aromatic heterocycles. The lowest BCUT2D eigenvalue weighted by Gasteiger charge is -2.14. The molecule has 7 heteroatoms. The van der Waals surface area contributed by atoms with Crippen molar-refractivity contribution in [3.05, 3.63) is 28.3 Å². The topological polar surface area (TPSA) is 101 Å². The van der Waals surface area contributed by atoms with Crippen LogP contribution in [-0.4, -0.2) is 21.4 Å². The highest BCUT2D eigenvalue weighted by Crippen LogP contribution is 2.37. The fraction of sp³-hybridized carbons (Fsp3) is 0.400. The Balaban J connectivity index is 3.10. The Morgan fingerprint density at radius 1 is 1.53 bits per heavy atom. The van der Waals surface area contributed by atoms with E-state index in [0.717, 1.165) is 0 Å². The van der Waals surface area contributed by atoms with E-state index in [2.05, 4.69) is 5.43 Å². The van der Waals surface area contributed by atoms with Crippen LogP contribution in [0.15, 0.2) is 23.1 Å². The highest BCUT2D eigenvalue weighted by molar-refractivity contribution is 8.00. The quantitative estimate of drug-likeness (QED) is 0.321. The third-order valence-corrected chi connectivity index (χ3v) is 3.68. The number of nitro groups is 1. The van der Waals surface area contributed by atoms with Gasteiger partial charge in [-0.1, -0.05) is 13.0 Å². The fourth-order valence-corrected chi connectivity index (χ4v) is 2.27. The van der Waals surface area contributed by atoms with Crippen molar-refractivity contribution in [1.29, 1.82) is 0 Å². The molecule has 0 aliphatic rings. The minimum atomic E-state index is -0.547. The molecule has 0 amide bonds. The smallest absolute Gasteiger partial charge is 0.307 e. The average molecular weight is 257 g/mol. The fourth-order valence-electron chi connectivity index (χ4n) is 1.22. The molecule has 1 aromatic rings. The Labute approximate surface area is 103 Å². The van der Waals surface area contributed by atoms with Crippen molar-refractivity contribution < 1.29 is 10.0 Å². The van der Waals surface area contributed by atoms with E-state index in [-0.39, 0.29) is 16.6 Å². The molecular weight excluding hydrogens is 242 g/mol. The predicted octanol–water partition coefficient (Wildman–Crippen LogP) is 1.74. The second kappa shape index (κ2) is 5.85. The molecule has 2 unspecified atom stereocenters. The second-order valence-electron chi connectivity index (χ2n) is 3.62. The van der Waals surface area contributed by atoms with Crippen molar-refractivity contribution in [3.63, 3.8) is 0 Å². The van der Waals surface area contributed by atoms with Gasteiger partial charge in [-0.2, -0.15) is 0 Å². The van der Waals surface area contributed by atoms with Crippen LogP contribution in [0.5, 0.6) is 0 Å². The SMILES string of the molecule is CC(O)C(C)Sc1cccc(NN)c1[N+](=O)[O-]. The Morgan fingerprint density at radius 3 is 2.65 bits per heavy atom. The number of nitro benzene ring substituents is 1. The summed E-state index contributed by atoms with van der Waals surface area (Å²) in [6.45, 7) is 3.45. The lowest BCUT2D eigenvalue weighted by molar-refractivity contribution is -0.386. The molecule has 0 spiro atoms. The van der Waals surface area contributed by atoms with Gasteiger partial charge in [0.2, 0.25) is 0 Å². The second-order valence-corrected chi connectivity index (χ2v) is 5.04. The number of benzene rings is 1. The van der Waals surface area contributed by atoms with E-state index in [9.17, 15) is 15.2 Å². The van der Waals surface area contributed by atoms with Crippen LogP contribution in [0.25, 0.3) is 0 Å². The number of nitrogen functional groups attached to an aromatic ring is 1. The molecule has 17 heavy (non-hydrogen) atoms. The third kappa shape index (κ3) is 3.32. The van der Waals surface area contributed by atoms with E-state index >= 15 is 0 Å². The number of aliphatic hydroxyl groups is 1. The van der Waals surface area contributed by atoms with Gasteiger partial charge in [-0.15, -0.1) is 11.8 Å². The number of nitrogens with two attached hydrogens (primary N) is 1. The molecule has 94 valence electrons. The van der Waals surface area contributed by atoms with Crippen LogP contribution in [0.2, 0.25) is 0 Å². The number of anilines is 1. The largest absolute Gasteiger partial charge is 0.392 e. The van der Waals surface area contributed by atoms with E-state index in [0.29, 0.717) is 4.90 Å². The monoisotopic (exact) mass is 257 g/mol. The standard InChI is InChI=1S/C10H15N3O3S/c1-6(14)7(2)17-9-5-3-4-8(12-11)10(9)13(15)16/h3-7,12,14H,11H2,1-2H3. The van der Waals surface area contributed by atoms with Gasteiger partial charge in [0.05, 0.1) is 15.9 Å². The number of hydrazine groups is 1. The van der Waals surface area contributed by atoms with E-state index in [1.165, 1.54) is 17.8 Å². The summed E-state index contributed by atoms with van der Waals surface area (Å²) >= 11 is 1.25. The Bertz CT molecular complexity index is 412. The summed E-state index contributed by atoms with van der Waals surface area (Å²) in [6.07, 6.45) is -0.547. The van der Waals surface area contributed by atoms with Crippen LogP contribution in [0.4, 0.5) is 11.4 Å². The van der Waals surface area contributed by atoms with Crippen molar-refractivity contribution in [2.45, 2.75) is 30.1 Å². The Hall–Kier alpha value is -1.31. The number of nitrogens with one attached hydrogen (secondary N) is 1. The summed E-state index contributed by atoms with van der Waals surface area (Å²) < 4.78 is 0. The average Bonchev–Trinajstić information content (AvgIpc) is 2.27. The number of hydrogen-bond acceptors (Lipinski definition) is 6. The molecular formula is C10H15N3O3S. The summed E-state index contributed by atoms with van der Waals surface area (Å²) in [6, 6.07) is 4.86. The summed E-state index contributed by atoms with van der Waals surface area (Å²) in [5.74, 6) is 5.23. The van der Waals surface area contributed by atoms with Crippen LogP contribution in [0, 0.1) is 10.1 Å². The maximum Gasteiger partial charge on any atom is 0.307 e. The van der Waals surface area contributed by atoms with Crippen molar-refractivity contribution in [2.75, 3.05) is 5.43 Å². The van der Waals surface area contributed by atoms with Crippen molar-refractivity contribution in [3.8, 4) is 0 Å². The molecule has 0 heterocycles. The molecule has 0 saturated heterocycles. The zero-order valence-electron chi connectivity index (χ0n) is 9.58. The van der Waals surface area contributed by atoms with Crippen LogP contribution >= 0.6 is 11.8 Å². The molecule has 6 nitrogen and oxygen atoms in total. The Kier molecular flexibility index (Phi) is 4.73. The van der Waals surface area contributed by atoms with Crippen LogP contribution < -0.4 is 11.3 Å². The minimum absolute atomic E-state index is 0.0625. The van der Waals surface area contributed by atoms with Crippen LogP contribution in [0.1, 0.15) is 13.8 Å². The maximum atomic E-state index is 11.0. The lowest BCUT2D eigenvalue weighted by Crippen LogP contribution is -2.15. The number of para-hydroxylation sites is 1. The predicted molar refractivity (Wildman–Crippen MR) is 67.9 cm³/mol. The van der Waals surface area contributed by atoms with Crippen LogP contribution in [-0.2, 0) is 0 Å². The first-order valence-electron chi connectivity index (χ1n) is 5.06. The first-order valence-corrected chi connectivity index (χ1v) is 5.94. The van der Waals surface area contributed by atoms with Crippen LogP contribution in [0.3, 0.4) is 0 Å². The van der Waals surface area contributed by atoms with Crippen molar-refractivity contribution >= 4 is 23.1 Å². The van der Waals surface area contributed by atoms with Gasteiger partial charge in [0.15, 0.2) is 0 Å². The molecule has 0 aliphatic carbocycles. The van der Waals surface area contributed by atoms with Gasteiger partial charge in [-0.25, -0.2) is 0 Å². The minimum Gasteiger partial charge on any atom is -0.392 e. The molecule has 0 saturated carbocycles. The summed E-state index contributed by atoms with van der Waals surface area (Å²) in [5, 5.41) is 20.3. The molecule has 0 fully saturated rings. The van der Waals surface area contributed by atoms with Gasteiger partial charge >= 0.3 is 5.69 Å². The van der Waals surface area contributed by atoms with Gasteiger partial charge in [-0.05, 0) is 19.1 Å². The molecule has 4 N–H and O–H groups in total. The molecule has 0 radical (unpaired) electrons. The molecule has 2 atom stereocenters. The lowest BCUT2D eigenvalue weighted by atomic mass is 10.3. The van der Waals surface area contributed by atoms with Gasteiger partial charge in [0.25, 0.3) is 0 Å². The number of aliphatic hydroxyl groups excluding tert-OH is 1. The third-order valence-electron chi connectivity index (χ3n) is 2.33. The normalized spacial score (nSPS) is 14.1. The number of rotatable bonds is 5. The zero-order chi connectivity index (χ0) is 13.0. The van der Waals surface area contributed by atoms with Gasteiger partial charge in [0, 0.05) is 5.25 Å². The number of nitrogens with zero attached hydrogens (tertiary/aromatic N) is 1. The van der Waals surface area contributed by atoms with Gasteiger partial charge in [-0.3, -0.25) is 16.0 Å². The summed E-state index contributed by atoms with van der Waals surface area (Å²) in [7, 11) is 0. The van der Waals surface area contributed by atoms with Crippen molar-refractivity contribution in [1.82, 2.24) is 0 Å². The van der Waals surface area contributed by atoms with E-state index in [4.69, 9.17) is 5.84 Å². The maximum absolute atomic E-state index is 11.0. The first kappa shape index (κ1) is 13.8. The summed E-state index contributed by atoms with van der Waals surface area (Å²) in [5.41, 5.74) is 2.50. The number of hydrogen-bond donors (Lipinski definition) is 3.